The molecule has 1 saturated carbocycles. The number of carbonyl (C=O) groups excluding carboxylic acids is 1. The lowest BCUT2D eigenvalue weighted by Gasteiger charge is -2.07. The van der Waals surface area contributed by atoms with Gasteiger partial charge in [0, 0.05) is 12.3 Å². The van der Waals surface area contributed by atoms with E-state index >= 15 is 0 Å². The standard InChI is InChI=1S/C7H11F2NO2/c1-12-6(11)5(10)2-4-3-7(4,8)9/h4-5H,2-3,10H2,1H3/t4?,5-/m0/s1. The Morgan fingerprint density at radius 2 is 2.33 bits per heavy atom. The zero-order chi connectivity index (χ0) is 9.35. The van der Waals surface area contributed by atoms with E-state index in [1.807, 2.05) is 0 Å². The Bertz CT molecular complexity index is 196. The summed E-state index contributed by atoms with van der Waals surface area (Å²) in [5.74, 6) is -3.96. The molecule has 1 unspecified atom stereocenters. The first-order chi connectivity index (χ1) is 5.47. The van der Waals surface area contributed by atoms with Crippen molar-refractivity contribution >= 4 is 5.97 Å². The lowest BCUT2D eigenvalue weighted by atomic mass is 10.1. The zero-order valence-electron chi connectivity index (χ0n) is 6.72. The maximum absolute atomic E-state index is 12.3. The average molecular weight is 179 g/mol. The third-order valence-corrected chi connectivity index (χ3v) is 2.00. The van der Waals surface area contributed by atoms with E-state index in [0.717, 1.165) is 0 Å². The highest BCUT2D eigenvalue weighted by atomic mass is 19.3. The van der Waals surface area contributed by atoms with Crippen molar-refractivity contribution in [3.63, 3.8) is 0 Å². The number of methoxy groups -OCH3 is 1. The summed E-state index contributed by atoms with van der Waals surface area (Å²) in [5, 5.41) is 0. The molecule has 1 fully saturated rings. The van der Waals surface area contributed by atoms with E-state index in [0.29, 0.717) is 0 Å². The highest BCUT2D eigenvalue weighted by Gasteiger charge is 2.57. The van der Waals surface area contributed by atoms with E-state index in [-0.39, 0.29) is 12.8 Å². The molecule has 0 aromatic rings. The molecule has 2 atom stereocenters. The van der Waals surface area contributed by atoms with Gasteiger partial charge >= 0.3 is 5.97 Å². The molecule has 1 aliphatic carbocycles. The summed E-state index contributed by atoms with van der Waals surface area (Å²) in [6.07, 6.45) is -0.142. The molecular weight excluding hydrogens is 168 g/mol. The molecule has 70 valence electrons. The van der Waals surface area contributed by atoms with Gasteiger partial charge in [-0.15, -0.1) is 0 Å². The summed E-state index contributed by atoms with van der Waals surface area (Å²) in [4.78, 5) is 10.7. The average Bonchev–Trinajstić information content (AvgIpc) is 2.57. The van der Waals surface area contributed by atoms with Gasteiger partial charge in [-0.25, -0.2) is 8.78 Å². The summed E-state index contributed by atoms with van der Waals surface area (Å²) in [7, 11) is 1.19. The molecule has 0 spiro atoms. The Kier molecular flexibility index (Phi) is 2.32. The van der Waals surface area contributed by atoms with Crippen molar-refractivity contribution in [1.29, 1.82) is 0 Å². The van der Waals surface area contributed by atoms with E-state index in [1.54, 1.807) is 0 Å². The molecule has 0 aromatic heterocycles. The Morgan fingerprint density at radius 1 is 1.83 bits per heavy atom. The van der Waals surface area contributed by atoms with Crippen LogP contribution in [0.2, 0.25) is 0 Å². The minimum atomic E-state index is -2.61. The van der Waals surface area contributed by atoms with Crippen LogP contribution in [-0.2, 0) is 9.53 Å². The molecular formula is C7H11F2NO2. The van der Waals surface area contributed by atoms with Crippen LogP contribution in [0.5, 0.6) is 0 Å². The summed E-state index contributed by atoms with van der Waals surface area (Å²) in [5.41, 5.74) is 5.28. The fourth-order valence-corrected chi connectivity index (χ4v) is 1.08. The highest BCUT2D eigenvalue weighted by molar-refractivity contribution is 5.75. The first-order valence-corrected chi connectivity index (χ1v) is 3.68. The van der Waals surface area contributed by atoms with Gasteiger partial charge in [0.05, 0.1) is 7.11 Å². The first-order valence-electron chi connectivity index (χ1n) is 3.68. The molecule has 5 heteroatoms. The largest absolute Gasteiger partial charge is 0.468 e. The molecule has 2 N–H and O–H groups in total. The van der Waals surface area contributed by atoms with Crippen molar-refractivity contribution < 1.29 is 18.3 Å². The first kappa shape index (κ1) is 9.38. The monoisotopic (exact) mass is 179 g/mol. The van der Waals surface area contributed by atoms with Gasteiger partial charge in [0.25, 0.3) is 5.92 Å². The Labute approximate surface area is 68.9 Å². The number of halogens is 2. The van der Waals surface area contributed by atoms with Crippen LogP contribution in [0.25, 0.3) is 0 Å². The topological polar surface area (TPSA) is 52.3 Å². The van der Waals surface area contributed by atoms with E-state index in [2.05, 4.69) is 4.74 Å². The fraction of sp³-hybridized carbons (Fsp3) is 0.857. The normalized spacial score (nSPS) is 27.8. The van der Waals surface area contributed by atoms with Gasteiger partial charge in [-0.2, -0.15) is 0 Å². The van der Waals surface area contributed by atoms with Crippen molar-refractivity contribution in [2.24, 2.45) is 11.7 Å². The fourth-order valence-electron chi connectivity index (χ4n) is 1.08. The van der Waals surface area contributed by atoms with Crippen molar-refractivity contribution in [3.05, 3.63) is 0 Å². The summed E-state index contributed by atoms with van der Waals surface area (Å²) in [6, 6.07) is -0.909. The number of nitrogens with two attached hydrogens (primary N) is 1. The number of carbonyl (C=O) groups is 1. The molecule has 1 rings (SSSR count). The van der Waals surface area contributed by atoms with Crippen LogP contribution < -0.4 is 5.73 Å². The van der Waals surface area contributed by atoms with Gasteiger partial charge < -0.3 is 10.5 Å². The third-order valence-electron chi connectivity index (χ3n) is 2.00. The maximum Gasteiger partial charge on any atom is 0.322 e. The summed E-state index contributed by atoms with van der Waals surface area (Å²) in [6.45, 7) is 0. The number of ether oxygens (including phenoxy) is 1. The van der Waals surface area contributed by atoms with Gasteiger partial charge in [0.2, 0.25) is 0 Å². The predicted molar refractivity (Wildman–Crippen MR) is 37.7 cm³/mol. The van der Waals surface area contributed by atoms with Gasteiger partial charge in [-0.05, 0) is 6.42 Å². The Balaban J connectivity index is 2.29. The number of alkyl halides is 2. The van der Waals surface area contributed by atoms with E-state index in [9.17, 15) is 13.6 Å². The van der Waals surface area contributed by atoms with E-state index < -0.39 is 23.9 Å². The summed E-state index contributed by atoms with van der Waals surface area (Å²) >= 11 is 0. The molecule has 0 amide bonds. The van der Waals surface area contributed by atoms with Crippen LogP contribution in [0.15, 0.2) is 0 Å². The minimum Gasteiger partial charge on any atom is -0.468 e. The lowest BCUT2D eigenvalue weighted by molar-refractivity contribution is -0.142. The Hall–Kier alpha value is -0.710. The third kappa shape index (κ3) is 1.91. The zero-order valence-corrected chi connectivity index (χ0v) is 6.72. The van der Waals surface area contributed by atoms with Gasteiger partial charge in [0.1, 0.15) is 6.04 Å². The highest BCUT2D eigenvalue weighted by Crippen LogP contribution is 2.50. The molecule has 1 aliphatic rings. The minimum absolute atomic E-state index is 0.0136. The molecule has 3 nitrogen and oxygen atoms in total. The molecule has 0 radical (unpaired) electrons. The van der Waals surface area contributed by atoms with Crippen LogP contribution in [0, 0.1) is 5.92 Å². The predicted octanol–water partition coefficient (Wildman–Crippen LogP) is 0.532. The number of hydrogen-bond donors (Lipinski definition) is 1. The van der Waals surface area contributed by atoms with Crippen LogP contribution in [-0.4, -0.2) is 25.0 Å². The maximum atomic E-state index is 12.3. The van der Waals surface area contributed by atoms with E-state index in [1.165, 1.54) is 7.11 Å². The number of rotatable bonds is 3. The Morgan fingerprint density at radius 3 is 2.67 bits per heavy atom. The van der Waals surface area contributed by atoms with Crippen molar-refractivity contribution in [3.8, 4) is 0 Å². The molecule has 12 heavy (non-hydrogen) atoms. The SMILES string of the molecule is COC(=O)[C@@H](N)CC1CC1(F)F. The number of esters is 1. The second-order valence-electron chi connectivity index (χ2n) is 3.03. The molecule has 0 saturated heterocycles. The van der Waals surface area contributed by atoms with Crippen molar-refractivity contribution in [2.75, 3.05) is 7.11 Å². The lowest BCUT2D eigenvalue weighted by Crippen LogP contribution is -2.32. The molecule has 0 aliphatic heterocycles. The molecule has 0 aromatic carbocycles. The van der Waals surface area contributed by atoms with Crippen molar-refractivity contribution in [2.45, 2.75) is 24.8 Å². The van der Waals surface area contributed by atoms with Crippen LogP contribution in [0.4, 0.5) is 8.78 Å². The van der Waals surface area contributed by atoms with Crippen LogP contribution in [0.1, 0.15) is 12.8 Å². The second-order valence-corrected chi connectivity index (χ2v) is 3.03. The van der Waals surface area contributed by atoms with E-state index in [4.69, 9.17) is 5.73 Å². The van der Waals surface area contributed by atoms with Crippen molar-refractivity contribution in [1.82, 2.24) is 0 Å². The number of hydrogen-bond acceptors (Lipinski definition) is 3. The van der Waals surface area contributed by atoms with Crippen LogP contribution in [0.3, 0.4) is 0 Å². The van der Waals surface area contributed by atoms with Gasteiger partial charge in [-0.1, -0.05) is 0 Å². The quantitative estimate of drug-likeness (QED) is 0.643. The van der Waals surface area contributed by atoms with Gasteiger partial charge in [-0.3, -0.25) is 4.79 Å². The smallest absolute Gasteiger partial charge is 0.322 e. The summed E-state index contributed by atoms with van der Waals surface area (Å²) < 4.78 is 28.9. The van der Waals surface area contributed by atoms with Crippen LogP contribution >= 0.6 is 0 Å². The van der Waals surface area contributed by atoms with Gasteiger partial charge in [0.15, 0.2) is 0 Å². The second kappa shape index (κ2) is 2.97. The molecule has 0 heterocycles. The molecule has 0 bridgehead atoms.